The molecule has 150 valence electrons. The molecular formula is C30H20N2. The van der Waals surface area contributed by atoms with E-state index in [4.69, 9.17) is 0 Å². The van der Waals surface area contributed by atoms with Crippen LogP contribution in [0.25, 0.3) is 65.9 Å². The quantitative estimate of drug-likeness (QED) is 0.288. The first-order valence-corrected chi connectivity index (χ1v) is 11.0. The molecule has 0 fully saturated rings. The van der Waals surface area contributed by atoms with E-state index in [1.165, 1.54) is 54.8 Å². The van der Waals surface area contributed by atoms with Crippen molar-refractivity contribution in [3.63, 3.8) is 0 Å². The molecule has 0 amide bonds. The van der Waals surface area contributed by atoms with Crippen molar-refractivity contribution in [2.24, 2.45) is 0 Å². The third kappa shape index (κ3) is 2.53. The van der Waals surface area contributed by atoms with Crippen molar-refractivity contribution in [3.05, 3.63) is 109 Å². The first kappa shape index (κ1) is 17.4. The fraction of sp³-hybridized carbons (Fsp3) is 0. The molecule has 0 bridgehead atoms. The molecule has 7 rings (SSSR count). The molecule has 0 radical (unpaired) electrons. The zero-order valence-corrected chi connectivity index (χ0v) is 17.4. The van der Waals surface area contributed by atoms with Crippen LogP contribution in [0.2, 0.25) is 0 Å². The molecule has 0 saturated heterocycles. The van der Waals surface area contributed by atoms with Gasteiger partial charge in [0, 0.05) is 32.6 Å². The molecule has 0 saturated carbocycles. The van der Waals surface area contributed by atoms with Crippen LogP contribution in [0.1, 0.15) is 0 Å². The molecule has 32 heavy (non-hydrogen) atoms. The largest absolute Gasteiger partial charge is 0.353 e. The average molecular weight is 409 g/mol. The Morgan fingerprint density at radius 1 is 0.344 bits per heavy atom. The van der Waals surface area contributed by atoms with Crippen molar-refractivity contribution in [1.29, 1.82) is 0 Å². The Balaban J connectivity index is 1.47. The number of aromatic nitrogens is 2. The minimum atomic E-state index is 1.16. The van der Waals surface area contributed by atoms with Crippen LogP contribution in [0, 0.1) is 0 Å². The number of H-pyrrole nitrogens is 2. The van der Waals surface area contributed by atoms with E-state index in [9.17, 15) is 0 Å². The lowest BCUT2D eigenvalue weighted by Crippen LogP contribution is -1.77. The fourth-order valence-electron chi connectivity index (χ4n) is 4.95. The Bertz CT molecular complexity index is 1620. The summed E-state index contributed by atoms with van der Waals surface area (Å²) in [5, 5.41) is 5.01. The summed E-state index contributed by atoms with van der Waals surface area (Å²) in [7, 11) is 0. The summed E-state index contributed by atoms with van der Waals surface area (Å²) in [5.74, 6) is 0. The van der Waals surface area contributed by atoms with Crippen LogP contribution >= 0.6 is 0 Å². The predicted octanol–water partition coefficient (Wildman–Crippen LogP) is 8.29. The summed E-state index contributed by atoms with van der Waals surface area (Å²) in [6, 6.07) is 39.0. The average Bonchev–Trinajstić information content (AvgIpc) is 3.42. The Morgan fingerprint density at radius 2 is 0.781 bits per heavy atom. The lowest BCUT2D eigenvalue weighted by molar-refractivity contribution is 1.51. The van der Waals surface area contributed by atoms with Crippen molar-refractivity contribution >= 4 is 43.6 Å². The van der Waals surface area contributed by atoms with E-state index < -0.39 is 0 Å². The van der Waals surface area contributed by atoms with E-state index in [2.05, 4.69) is 119 Å². The second-order valence-electron chi connectivity index (χ2n) is 8.41. The van der Waals surface area contributed by atoms with Gasteiger partial charge in [0.15, 0.2) is 0 Å². The maximum absolute atomic E-state index is 3.68. The van der Waals surface area contributed by atoms with Crippen LogP contribution < -0.4 is 0 Å². The standard InChI is InChI=1S/C30H20N2/c1-3-7-19(8-4-1)21-11-15-27-25(17-21)23-13-14-24-26-18-22(20-9-5-2-6-10-20)12-16-28(26)32-30(24)29(23)31-27/h1-18,31-32H. The van der Waals surface area contributed by atoms with Crippen molar-refractivity contribution in [3.8, 4) is 22.3 Å². The van der Waals surface area contributed by atoms with Gasteiger partial charge in [0.2, 0.25) is 0 Å². The lowest BCUT2D eigenvalue weighted by atomic mass is 10.0. The highest BCUT2D eigenvalue weighted by molar-refractivity contribution is 6.22. The minimum absolute atomic E-state index is 1.16. The van der Waals surface area contributed by atoms with Gasteiger partial charge >= 0.3 is 0 Å². The van der Waals surface area contributed by atoms with Crippen molar-refractivity contribution in [2.45, 2.75) is 0 Å². The molecule has 0 unspecified atom stereocenters. The Morgan fingerprint density at radius 3 is 1.22 bits per heavy atom. The molecule has 2 heteroatoms. The third-order valence-corrected chi connectivity index (χ3v) is 6.56. The Labute approximate surface area is 185 Å². The molecular weight excluding hydrogens is 388 g/mol. The van der Waals surface area contributed by atoms with Crippen molar-refractivity contribution in [1.82, 2.24) is 9.97 Å². The number of fused-ring (bicyclic) bond motifs is 7. The normalized spacial score (nSPS) is 11.8. The van der Waals surface area contributed by atoms with Gasteiger partial charge in [-0.15, -0.1) is 0 Å². The summed E-state index contributed by atoms with van der Waals surface area (Å²) in [6.07, 6.45) is 0. The van der Waals surface area contributed by atoms with Gasteiger partial charge in [-0.1, -0.05) is 84.9 Å². The Hall–Kier alpha value is -4.30. The molecule has 0 aliphatic carbocycles. The zero-order chi connectivity index (χ0) is 21.1. The molecule has 2 N–H and O–H groups in total. The number of aromatic amines is 2. The van der Waals surface area contributed by atoms with E-state index >= 15 is 0 Å². The number of benzene rings is 5. The molecule has 0 spiro atoms. The molecule has 5 aromatic carbocycles. The number of hydrogen-bond donors (Lipinski definition) is 2. The maximum atomic E-state index is 3.68. The molecule has 7 aromatic rings. The van der Waals surface area contributed by atoms with Gasteiger partial charge in [-0.3, -0.25) is 0 Å². The van der Waals surface area contributed by atoms with Crippen LogP contribution in [0.15, 0.2) is 109 Å². The number of rotatable bonds is 2. The zero-order valence-electron chi connectivity index (χ0n) is 17.4. The smallest absolute Gasteiger partial charge is 0.0710 e. The summed E-state index contributed by atoms with van der Waals surface area (Å²) in [4.78, 5) is 7.35. The first-order chi connectivity index (χ1) is 15.8. The third-order valence-electron chi connectivity index (χ3n) is 6.56. The van der Waals surface area contributed by atoms with Gasteiger partial charge in [0.25, 0.3) is 0 Å². The predicted molar refractivity (Wildman–Crippen MR) is 136 cm³/mol. The van der Waals surface area contributed by atoms with E-state index in [1.807, 2.05) is 0 Å². The molecule has 0 aliphatic heterocycles. The first-order valence-electron chi connectivity index (χ1n) is 11.0. The molecule has 2 nitrogen and oxygen atoms in total. The van der Waals surface area contributed by atoms with Gasteiger partial charge < -0.3 is 9.97 Å². The molecule has 2 aromatic heterocycles. The minimum Gasteiger partial charge on any atom is -0.353 e. The number of hydrogen-bond acceptors (Lipinski definition) is 0. The summed E-state index contributed by atoms with van der Waals surface area (Å²) in [6.45, 7) is 0. The highest BCUT2D eigenvalue weighted by atomic mass is 14.8. The van der Waals surface area contributed by atoms with Crippen LogP contribution in [0.5, 0.6) is 0 Å². The summed E-state index contributed by atoms with van der Waals surface area (Å²) >= 11 is 0. The second kappa shape index (κ2) is 6.60. The highest BCUT2D eigenvalue weighted by Crippen LogP contribution is 2.37. The van der Waals surface area contributed by atoms with Crippen molar-refractivity contribution in [2.75, 3.05) is 0 Å². The van der Waals surface area contributed by atoms with Gasteiger partial charge in [0.1, 0.15) is 0 Å². The summed E-state index contributed by atoms with van der Waals surface area (Å²) < 4.78 is 0. The van der Waals surface area contributed by atoms with E-state index in [0.717, 1.165) is 11.0 Å². The molecule has 0 atom stereocenters. The lowest BCUT2D eigenvalue weighted by Gasteiger charge is -2.02. The second-order valence-corrected chi connectivity index (χ2v) is 8.41. The van der Waals surface area contributed by atoms with E-state index in [1.54, 1.807) is 0 Å². The van der Waals surface area contributed by atoms with Gasteiger partial charge in [-0.2, -0.15) is 0 Å². The van der Waals surface area contributed by atoms with Gasteiger partial charge in [0.05, 0.1) is 11.0 Å². The van der Waals surface area contributed by atoms with E-state index in [0.29, 0.717) is 0 Å². The monoisotopic (exact) mass is 408 g/mol. The highest BCUT2D eigenvalue weighted by Gasteiger charge is 2.13. The van der Waals surface area contributed by atoms with Gasteiger partial charge in [-0.05, 0) is 46.5 Å². The molecule has 0 aliphatic rings. The molecule has 2 heterocycles. The number of nitrogens with one attached hydrogen (secondary N) is 2. The fourth-order valence-corrected chi connectivity index (χ4v) is 4.95. The van der Waals surface area contributed by atoms with Crippen LogP contribution in [0.4, 0.5) is 0 Å². The van der Waals surface area contributed by atoms with E-state index in [-0.39, 0.29) is 0 Å². The maximum Gasteiger partial charge on any atom is 0.0710 e. The van der Waals surface area contributed by atoms with Crippen LogP contribution in [-0.4, -0.2) is 9.97 Å². The SMILES string of the molecule is c1ccc(-c2ccc3[nH]c4c(ccc5c6cc(-c7ccccc7)ccc6[nH]c54)c3c2)cc1. The van der Waals surface area contributed by atoms with Crippen LogP contribution in [-0.2, 0) is 0 Å². The summed E-state index contributed by atoms with van der Waals surface area (Å²) in [5.41, 5.74) is 9.62. The van der Waals surface area contributed by atoms with Gasteiger partial charge in [-0.25, -0.2) is 0 Å². The van der Waals surface area contributed by atoms with Crippen molar-refractivity contribution < 1.29 is 0 Å². The topological polar surface area (TPSA) is 31.6 Å². The Kier molecular flexibility index (Phi) is 3.58. The van der Waals surface area contributed by atoms with Crippen LogP contribution in [0.3, 0.4) is 0 Å².